The quantitative estimate of drug-likeness (QED) is 0.269. The van der Waals surface area contributed by atoms with E-state index in [-0.39, 0.29) is 42.2 Å². The van der Waals surface area contributed by atoms with Gasteiger partial charge in [-0.3, -0.25) is 9.79 Å². The van der Waals surface area contributed by atoms with E-state index >= 15 is 0 Å². The summed E-state index contributed by atoms with van der Waals surface area (Å²) >= 11 is 0. The van der Waals surface area contributed by atoms with E-state index in [1.165, 1.54) is 24.3 Å². The minimum Gasteiger partial charge on any atom is -0.385 e. The Morgan fingerprint density at radius 2 is 1.95 bits per heavy atom. The Morgan fingerprint density at radius 1 is 1.27 bits per heavy atom. The first-order chi connectivity index (χ1) is 10.2. The number of halogens is 2. The molecule has 0 spiro atoms. The van der Waals surface area contributed by atoms with Gasteiger partial charge in [0.15, 0.2) is 5.96 Å². The fourth-order valence-corrected chi connectivity index (χ4v) is 1.55. The van der Waals surface area contributed by atoms with Crippen molar-refractivity contribution in [2.24, 2.45) is 4.99 Å². The molecule has 0 saturated carbocycles. The average Bonchev–Trinajstić information content (AvgIpc) is 2.49. The topological polar surface area (TPSA) is 74.8 Å². The zero-order chi connectivity index (χ0) is 15.5. The van der Waals surface area contributed by atoms with Crippen LogP contribution in [0.3, 0.4) is 0 Å². The van der Waals surface area contributed by atoms with Gasteiger partial charge in [-0.15, -0.1) is 24.0 Å². The van der Waals surface area contributed by atoms with Gasteiger partial charge < -0.3 is 20.7 Å². The van der Waals surface area contributed by atoms with Crippen molar-refractivity contribution in [3.8, 4) is 0 Å². The second-order valence-corrected chi connectivity index (χ2v) is 4.25. The van der Waals surface area contributed by atoms with Crippen LogP contribution in [-0.2, 0) is 9.53 Å². The highest BCUT2D eigenvalue weighted by Gasteiger charge is 2.04. The van der Waals surface area contributed by atoms with Crippen LogP contribution in [0, 0.1) is 5.82 Å². The SMILES string of the molecule is CN=C(NCCCOC)NCC(=O)Nc1ccc(F)cc1.I. The van der Waals surface area contributed by atoms with Gasteiger partial charge in [-0.1, -0.05) is 0 Å². The van der Waals surface area contributed by atoms with E-state index in [1.54, 1.807) is 14.2 Å². The third kappa shape index (κ3) is 8.78. The van der Waals surface area contributed by atoms with Crippen LogP contribution in [0.25, 0.3) is 0 Å². The van der Waals surface area contributed by atoms with Gasteiger partial charge in [0.05, 0.1) is 6.54 Å². The van der Waals surface area contributed by atoms with E-state index < -0.39 is 0 Å². The number of rotatable bonds is 7. The number of aliphatic imine (C=N–C) groups is 1. The first-order valence-electron chi connectivity index (χ1n) is 6.64. The Labute approximate surface area is 146 Å². The summed E-state index contributed by atoms with van der Waals surface area (Å²) in [6.07, 6.45) is 0.846. The number of benzene rings is 1. The first-order valence-corrected chi connectivity index (χ1v) is 6.64. The summed E-state index contributed by atoms with van der Waals surface area (Å²) in [5, 5.41) is 8.60. The van der Waals surface area contributed by atoms with Crippen LogP contribution in [0.2, 0.25) is 0 Å². The number of ether oxygens (including phenoxy) is 1. The summed E-state index contributed by atoms with van der Waals surface area (Å²) in [7, 11) is 3.27. The smallest absolute Gasteiger partial charge is 0.243 e. The van der Waals surface area contributed by atoms with Crippen LogP contribution in [0.4, 0.5) is 10.1 Å². The van der Waals surface area contributed by atoms with Gasteiger partial charge in [-0.05, 0) is 30.7 Å². The molecule has 8 heteroatoms. The zero-order valence-electron chi connectivity index (χ0n) is 12.7. The predicted molar refractivity (Wildman–Crippen MR) is 96.3 cm³/mol. The van der Waals surface area contributed by atoms with Crippen LogP contribution in [0.15, 0.2) is 29.3 Å². The van der Waals surface area contributed by atoms with E-state index in [4.69, 9.17) is 4.74 Å². The predicted octanol–water partition coefficient (Wildman–Crippen LogP) is 1.58. The van der Waals surface area contributed by atoms with Crippen molar-refractivity contribution >= 4 is 41.5 Å². The molecule has 0 bridgehead atoms. The molecule has 0 atom stereocenters. The van der Waals surface area contributed by atoms with E-state index in [9.17, 15) is 9.18 Å². The number of amides is 1. The number of carbonyl (C=O) groups is 1. The summed E-state index contributed by atoms with van der Waals surface area (Å²) < 4.78 is 17.7. The van der Waals surface area contributed by atoms with Gasteiger partial charge in [0.2, 0.25) is 5.91 Å². The molecule has 6 nitrogen and oxygen atoms in total. The molecule has 0 aliphatic heterocycles. The van der Waals surface area contributed by atoms with Crippen molar-refractivity contribution < 1.29 is 13.9 Å². The molecule has 0 aromatic heterocycles. The minimum absolute atomic E-state index is 0. The van der Waals surface area contributed by atoms with Crippen LogP contribution in [0.1, 0.15) is 6.42 Å². The van der Waals surface area contributed by atoms with Gasteiger partial charge in [-0.2, -0.15) is 0 Å². The molecule has 0 saturated heterocycles. The molecule has 22 heavy (non-hydrogen) atoms. The van der Waals surface area contributed by atoms with Crippen molar-refractivity contribution in [2.45, 2.75) is 6.42 Å². The Bertz CT molecular complexity index is 468. The maximum Gasteiger partial charge on any atom is 0.243 e. The number of methoxy groups -OCH3 is 1. The monoisotopic (exact) mass is 424 g/mol. The molecule has 0 aliphatic carbocycles. The summed E-state index contributed by atoms with van der Waals surface area (Å²) in [6, 6.07) is 5.59. The normalized spacial score (nSPS) is 10.6. The number of nitrogens with zero attached hydrogens (tertiary/aromatic N) is 1. The lowest BCUT2D eigenvalue weighted by Gasteiger charge is -2.11. The molecular formula is C14H22FIN4O2. The largest absolute Gasteiger partial charge is 0.385 e. The molecular weight excluding hydrogens is 402 g/mol. The van der Waals surface area contributed by atoms with Crippen molar-refractivity contribution in [1.82, 2.24) is 10.6 Å². The molecule has 0 aliphatic rings. The zero-order valence-corrected chi connectivity index (χ0v) is 15.0. The summed E-state index contributed by atoms with van der Waals surface area (Å²) in [6.45, 7) is 1.43. The highest BCUT2D eigenvalue weighted by atomic mass is 127. The number of hydrogen-bond donors (Lipinski definition) is 3. The second kappa shape index (κ2) is 12.2. The first kappa shape index (κ1) is 20.6. The summed E-state index contributed by atoms with van der Waals surface area (Å²) in [5.74, 6) is -0.0337. The lowest BCUT2D eigenvalue weighted by molar-refractivity contribution is -0.115. The van der Waals surface area contributed by atoms with Crippen LogP contribution in [0.5, 0.6) is 0 Å². The van der Waals surface area contributed by atoms with Gasteiger partial charge in [-0.25, -0.2) is 4.39 Å². The van der Waals surface area contributed by atoms with E-state index in [0.717, 1.165) is 6.42 Å². The van der Waals surface area contributed by atoms with E-state index in [2.05, 4.69) is 20.9 Å². The maximum atomic E-state index is 12.7. The van der Waals surface area contributed by atoms with Crippen LogP contribution in [-0.4, -0.2) is 45.7 Å². The number of guanidine groups is 1. The molecule has 1 aromatic rings. The van der Waals surface area contributed by atoms with Gasteiger partial charge >= 0.3 is 0 Å². The molecule has 1 amide bonds. The van der Waals surface area contributed by atoms with Gasteiger partial charge in [0, 0.05) is 33.0 Å². The molecule has 0 unspecified atom stereocenters. The molecule has 1 aromatic carbocycles. The number of carbonyl (C=O) groups excluding carboxylic acids is 1. The van der Waals surface area contributed by atoms with Gasteiger partial charge in [0.25, 0.3) is 0 Å². The fourth-order valence-electron chi connectivity index (χ4n) is 1.55. The maximum absolute atomic E-state index is 12.7. The lowest BCUT2D eigenvalue weighted by Crippen LogP contribution is -2.41. The fraction of sp³-hybridized carbons (Fsp3) is 0.429. The highest BCUT2D eigenvalue weighted by molar-refractivity contribution is 14.0. The molecule has 3 N–H and O–H groups in total. The third-order valence-corrected chi connectivity index (χ3v) is 2.59. The van der Waals surface area contributed by atoms with E-state index in [0.29, 0.717) is 24.8 Å². The second-order valence-electron chi connectivity index (χ2n) is 4.25. The highest BCUT2D eigenvalue weighted by Crippen LogP contribution is 2.07. The van der Waals surface area contributed by atoms with E-state index in [1.807, 2.05) is 0 Å². The standard InChI is InChI=1S/C14H21FN4O2.HI/c1-16-14(17-8-3-9-21-2)18-10-13(20)19-12-6-4-11(15)5-7-12;/h4-7H,3,8-10H2,1-2H3,(H,19,20)(H2,16,17,18);1H. The Morgan fingerprint density at radius 3 is 2.55 bits per heavy atom. The Balaban J connectivity index is 0.00000441. The van der Waals surface area contributed by atoms with Crippen molar-refractivity contribution in [1.29, 1.82) is 0 Å². The van der Waals surface area contributed by atoms with Crippen molar-refractivity contribution in [3.63, 3.8) is 0 Å². The Kier molecular flexibility index (Phi) is 11.4. The van der Waals surface area contributed by atoms with Crippen molar-refractivity contribution in [3.05, 3.63) is 30.1 Å². The lowest BCUT2D eigenvalue weighted by atomic mass is 10.3. The van der Waals surface area contributed by atoms with Crippen LogP contribution >= 0.6 is 24.0 Å². The molecule has 0 heterocycles. The van der Waals surface area contributed by atoms with Crippen LogP contribution < -0.4 is 16.0 Å². The van der Waals surface area contributed by atoms with Gasteiger partial charge in [0.1, 0.15) is 5.82 Å². The number of hydrogen-bond acceptors (Lipinski definition) is 3. The minimum atomic E-state index is -0.341. The Hall–Kier alpha value is -1.42. The molecule has 124 valence electrons. The summed E-state index contributed by atoms with van der Waals surface area (Å²) in [4.78, 5) is 15.7. The number of nitrogens with one attached hydrogen (secondary N) is 3. The summed E-state index contributed by atoms with van der Waals surface area (Å²) in [5.41, 5.74) is 0.547. The molecule has 1 rings (SSSR count). The molecule has 0 radical (unpaired) electrons. The average molecular weight is 424 g/mol. The van der Waals surface area contributed by atoms with Crippen molar-refractivity contribution in [2.75, 3.05) is 39.2 Å². The number of anilines is 1. The third-order valence-electron chi connectivity index (χ3n) is 2.59. The molecule has 0 fully saturated rings.